The molecule has 40 heavy (non-hydrogen) atoms. The van der Waals surface area contributed by atoms with Crippen LogP contribution in [0.1, 0.15) is 56.2 Å². The smallest absolute Gasteiger partial charge is 0.308 e. The molecular weight excluding hydrogens is 508 g/mol. The van der Waals surface area contributed by atoms with E-state index in [1.165, 1.54) is 0 Å². The summed E-state index contributed by atoms with van der Waals surface area (Å²) in [4.78, 5) is 37.2. The molecule has 1 N–H and O–H groups in total. The van der Waals surface area contributed by atoms with Crippen molar-refractivity contribution in [2.75, 3.05) is 53.6 Å². The molecule has 9 nitrogen and oxygen atoms in total. The number of benzene rings is 1. The van der Waals surface area contributed by atoms with Gasteiger partial charge in [0.05, 0.1) is 12.5 Å². The molecule has 3 atom stereocenters. The van der Waals surface area contributed by atoms with Crippen molar-refractivity contribution in [3.05, 3.63) is 53.9 Å². The Kier molecular flexibility index (Phi) is 10.8. The van der Waals surface area contributed by atoms with Crippen molar-refractivity contribution in [1.82, 2.24) is 19.7 Å². The highest BCUT2D eigenvalue weighted by Gasteiger charge is 2.47. The summed E-state index contributed by atoms with van der Waals surface area (Å²) in [5, 5.41) is 10.5. The van der Waals surface area contributed by atoms with E-state index in [0.717, 1.165) is 56.6 Å². The van der Waals surface area contributed by atoms with Crippen molar-refractivity contribution < 1.29 is 24.2 Å². The summed E-state index contributed by atoms with van der Waals surface area (Å²) in [7, 11) is 4.13. The topological polar surface area (TPSA) is 95.4 Å². The van der Waals surface area contributed by atoms with Crippen LogP contribution in [0, 0.1) is 5.92 Å². The van der Waals surface area contributed by atoms with E-state index in [2.05, 4.69) is 35.8 Å². The second-order valence-corrected chi connectivity index (χ2v) is 11.2. The molecule has 0 saturated carbocycles. The number of hydrogen-bond donors (Lipinski definition) is 1. The SMILES string of the molecule is CCCCN(CCCCN(C)C)C(=O)CN1CC(c2ccc3c(c2)OCO3)C(C(=O)O)C1CCc1ccccn1. The Morgan fingerprint density at radius 2 is 1.82 bits per heavy atom. The number of rotatable bonds is 15. The summed E-state index contributed by atoms with van der Waals surface area (Å²) in [6.45, 7) is 5.48. The summed E-state index contributed by atoms with van der Waals surface area (Å²) >= 11 is 0. The van der Waals surface area contributed by atoms with Crippen LogP contribution in [0.25, 0.3) is 0 Å². The van der Waals surface area contributed by atoms with E-state index in [9.17, 15) is 14.7 Å². The summed E-state index contributed by atoms with van der Waals surface area (Å²) in [5.41, 5.74) is 1.83. The van der Waals surface area contributed by atoms with E-state index in [1.807, 2.05) is 41.3 Å². The van der Waals surface area contributed by atoms with Gasteiger partial charge in [0, 0.05) is 43.5 Å². The molecule has 1 fully saturated rings. The molecule has 2 aliphatic heterocycles. The number of amides is 1. The zero-order valence-electron chi connectivity index (χ0n) is 24.1. The van der Waals surface area contributed by atoms with Gasteiger partial charge in [-0.3, -0.25) is 19.5 Å². The molecule has 9 heteroatoms. The van der Waals surface area contributed by atoms with Crippen molar-refractivity contribution >= 4 is 11.9 Å². The van der Waals surface area contributed by atoms with Crippen molar-refractivity contribution in [2.24, 2.45) is 5.92 Å². The molecule has 0 bridgehead atoms. The Labute approximate surface area is 238 Å². The average Bonchev–Trinajstić information content (AvgIpc) is 3.56. The van der Waals surface area contributed by atoms with Crippen LogP contribution in [0.5, 0.6) is 11.5 Å². The molecular formula is C31H44N4O5. The molecule has 2 aromatic rings. The van der Waals surface area contributed by atoms with Crippen LogP contribution >= 0.6 is 0 Å². The number of aromatic nitrogens is 1. The molecule has 2 aliphatic rings. The van der Waals surface area contributed by atoms with Crippen molar-refractivity contribution in [3.8, 4) is 11.5 Å². The molecule has 0 aliphatic carbocycles. The number of fused-ring (bicyclic) bond motifs is 1. The van der Waals surface area contributed by atoms with Gasteiger partial charge in [-0.05, 0) is 82.6 Å². The van der Waals surface area contributed by atoms with Crippen LogP contribution in [0.2, 0.25) is 0 Å². The first kappa shape index (κ1) is 29.8. The highest BCUT2D eigenvalue weighted by Crippen LogP contribution is 2.43. The summed E-state index contributed by atoms with van der Waals surface area (Å²) < 4.78 is 11.1. The predicted octanol–water partition coefficient (Wildman–Crippen LogP) is 3.88. The lowest BCUT2D eigenvalue weighted by Gasteiger charge is -2.30. The molecule has 1 amide bonds. The van der Waals surface area contributed by atoms with Crippen molar-refractivity contribution in [2.45, 2.75) is 57.4 Å². The van der Waals surface area contributed by atoms with Crippen LogP contribution in [0.15, 0.2) is 42.6 Å². The fourth-order valence-corrected chi connectivity index (χ4v) is 5.89. The molecule has 218 valence electrons. The Balaban J connectivity index is 1.54. The highest BCUT2D eigenvalue weighted by atomic mass is 16.7. The third-order valence-electron chi connectivity index (χ3n) is 8.04. The average molecular weight is 553 g/mol. The van der Waals surface area contributed by atoms with Gasteiger partial charge in [0.2, 0.25) is 12.7 Å². The molecule has 1 saturated heterocycles. The standard InChI is InChI=1S/C31H44N4O5/c1-4-5-17-34(18-9-8-16-33(2)3)29(36)21-35-20-25(23-11-14-27-28(19-23)40-22-39-27)30(31(37)38)26(35)13-12-24-10-6-7-15-32-24/h6-7,10-11,14-15,19,25-26,30H,4-5,8-9,12-13,16-18,20-22H2,1-3H3,(H,37,38). The number of ether oxygens (including phenoxy) is 2. The fourth-order valence-electron chi connectivity index (χ4n) is 5.89. The van der Waals surface area contributed by atoms with Crippen LogP contribution in [-0.2, 0) is 16.0 Å². The number of carbonyl (C=O) groups excluding carboxylic acids is 1. The van der Waals surface area contributed by atoms with Gasteiger partial charge in [0.1, 0.15) is 0 Å². The van der Waals surface area contributed by atoms with Gasteiger partial charge in [-0.15, -0.1) is 0 Å². The maximum Gasteiger partial charge on any atom is 0.308 e. The number of aryl methyl sites for hydroxylation is 1. The number of likely N-dealkylation sites (tertiary alicyclic amines) is 1. The maximum atomic E-state index is 13.7. The molecule has 1 aromatic carbocycles. The number of carboxylic acid groups (broad SMARTS) is 1. The summed E-state index contributed by atoms with van der Waals surface area (Å²) in [6.07, 6.45) is 6.99. The number of carboxylic acids is 1. The van der Waals surface area contributed by atoms with Gasteiger partial charge in [-0.2, -0.15) is 0 Å². The van der Waals surface area contributed by atoms with Crippen molar-refractivity contribution in [3.63, 3.8) is 0 Å². The quantitative estimate of drug-likeness (QED) is 0.333. The van der Waals surface area contributed by atoms with Crippen LogP contribution in [-0.4, -0.2) is 96.3 Å². The third-order valence-corrected chi connectivity index (χ3v) is 8.04. The molecule has 3 heterocycles. The minimum absolute atomic E-state index is 0.0802. The third kappa shape index (κ3) is 7.73. The number of carbonyl (C=O) groups is 2. The number of unbranched alkanes of at least 4 members (excludes halogenated alkanes) is 2. The minimum Gasteiger partial charge on any atom is -0.481 e. The Morgan fingerprint density at radius 1 is 1.05 bits per heavy atom. The fraction of sp³-hybridized carbons (Fsp3) is 0.581. The minimum atomic E-state index is -0.838. The number of aliphatic carboxylic acids is 1. The monoisotopic (exact) mass is 552 g/mol. The first-order valence-electron chi connectivity index (χ1n) is 14.6. The van der Waals surface area contributed by atoms with Crippen LogP contribution in [0.3, 0.4) is 0 Å². The molecule has 0 radical (unpaired) electrons. The van der Waals surface area contributed by atoms with Gasteiger partial charge in [-0.1, -0.05) is 25.5 Å². The lowest BCUT2D eigenvalue weighted by Crippen LogP contribution is -2.45. The highest BCUT2D eigenvalue weighted by molar-refractivity contribution is 5.79. The van der Waals surface area contributed by atoms with E-state index in [-0.39, 0.29) is 31.2 Å². The lowest BCUT2D eigenvalue weighted by atomic mass is 9.83. The van der Waals surface area contributed by atoms with Gasteiger partial charge >= 0.3 is 5.97 Å². The number of hydrogen-bond acceptors (Lipinski definition) is 7. The normalized spacial score (nSPS) is 20.2. The predicted molar refractivity (Wildman–Crippen MR) is 154 cm³/mol. The largest absolute Gasteiger partial charge is 0.481 e. The number of pyridine rings is 1. The van der Waals surface area contributed by atoms with Gasteiger partial charge in [0.15, 0.2) is 11.5 Å². The zero-order chi connectivity index (χ0) is 28.5. The first-order chi connectivity index (χ1) is 19.4. The van der Waals surface area contributed by atoms with E-state index < -0.39 is 11.9 Å². The zero-order valence-corrected chi connectivity index (χ0v) is 24.1. The lowest BCUT2D eigenvalue weighted by molar-refractivity contribution is -0.143. The van der Waals surface area contributed by atoms with Crippen LogP contribution < -0.4 is 9.47 Å². The number of nitrogens with zero attached hydrogens (tertiary/aromatic N) is 4. The van der Waals surface area contributed by atoms with E-state index in [1.54, 1.807) is 6.20 Å². The van der Waals surface area contributed by atoms with Gasteiger partial charge in [0.25, 0.3) is 0 Å². The Bertz CT molecular complexity index is 1110. The Morgan fingerprint density at radius 3 is 2.55 bits per heavy atom. The second-order valence-electron chi connectivity index (χ2n) is 11.2. The summed E-state index contributed by atoms with van der Waals surface area (Å²) in [6, 6.07) is 11.2. The Hall–Kier alpha value is -3.17. The second kappa shape index (κ2) is 14.5. The molecule has 1 aromatic heterocycles. The van der Waals surface area contributed by atoms with Crippen LogP contribution in [0.4, 0.5) is 0 Å². The van der Waals surface area contributed by atoms with Gasteiger partial charge in [-0.25, -0.2) is 0 Å². The van der Waals surface area contributed by atoms with E-state index >= 15 is 0 Å². The summed E-state index contributed by atoms with van der Waals surface area (Å²) in [5.74, 6) is -0.358. The van der Waals surface area contributed by atoms with Gasteiger partial charge < -0.3 is 24.4 Å². The van der Waals surface area contributed by atoms with E-state index in [4.69, 9.17) is 9.47 Å². The van der Waals surface area contributed by atoms with E-state index in [0.29, 0.717) is 30.9 Å². The first-order valence-corrected chi connectivity index (χ1v) is 14.6. The molecule has 0 spiro atoms. The molecule has 3 unspecified atom stereocenters. The maximum absolute atomic E-state index is 13.7. The molecule has 4 rings (SSSR count). The van der Waals surface area contributed by atoms with Crippen molar-refractivity contribution in [1.29, 1.82) is 0 Å².